The van der Waals surface area contributed by atoms with Gasteiger partial charge < -0.3 is 20.1 Å². The molecule has 138 valence electrons. The third-order valence-corrected chi connectivity index (χ3v) is 3.73. The van der Waals surface area contributed by atoms with Gasteiger partial charge in [0.1, 0.15) is 9.84 Å². The third kappa shape index (κ3) is 17.3. The van der Waals surface area contributed by atoms with Crippen molar-refractivity contribution in [3.05, 3.63) is 0 Å². The van der Waals surface area contributed by atoms with Crippen molar-refractivity contribution < 1.29 is 17.9 Å². The average molecular weight is 352 g/mol. The molecule has 0 aliphatic heterocycles. The van der Waals surface area contributed by atoms with Crippen LogP contribution < -0.4 is 10.6 Å². The normalized spacial score (nSPS) is 12.7. The lowest BCUT2D eigenvalue weighted by atomic mass is 10.1. The number of nitrogens with one attached hydrogen (secondary N) is 2. The number of rotatable bonds is 13. The predicted octanol–water partition coefficient (Wildman–Crippen LogP) is 0.665. The van der Waals surface area contributed by atoms with Crippen molar-refractivity contribution in [2.45, 2.75) is 27.2 Å². The molecule has 0 saturated carbocycles. The highest BCUT2D eigenvalue weighted by Gasteiger charge is 2.01. The first-order chi connectivity index (χ1) is 10.8. The molecule has 0 aliphatic rings. The number of nitrogens with zero attached hydrogens (tertiary/aromatic N) is 1. The second-order valence-electron chi connectivity index (χ2n) is 5.72. The van der Waals surface area contributed by atoms with Crippen LogP contribution in [0, 0.1) is 5.92 Å². The fraction of sp³-hybridized carbons (Fsp3) is 0.933. The Morgan fingerprint density at radius 1 is 1.09 bits per heavy atom. The minimum absolute atomic E-state index is 0.0444. The topological polar surface area (TPSA) is 89.0 Å². The molecular formula is C15H33N3O4S. The van der Waals surface area contributed by atoms with Gasteiger partial charge in [-0.05, 0) is 19.3 Å². The van der Waals surface area contributed by atoms with Gasteiger partial charge in [0.05, 0.1) is 32.1 Å². The van der Waals surface area contributed by atoms with E-state index in [-0.39, 0.29) is 12.4 Å². The van der Waals surface area contributed by atoms with Gasteiger partial charge in [-0.1, -0.05) is 13.8 Å². The Bertz CT molecular complexity index is 411. The zero-order valence-corrected chi connectivity index (χ0v) is 15.7. The Hall–Kier alpha value is -0.860. The molecule has 23 heavy (non-hydrogen) atoms. The number of guanidine groups is 1. The number of sulfone groups is 1. The van der Waals surface area contributed by atoms with Crippen LogP contribution in [0.4, 0.5) is 0 Å². The van der Waals surface area contributed by atoms with Crippen LogP contribution in [-0.4, -0.2) is 72.4 Å². The van der Waals surface area contributed by atoms with Gasteiger partial charge in [-0.15, -0.1) is 0 Å². The van der Waals surface area contributed by atoms with Crippen molar-refractivity contribution in [1.29, 1.82) is 0 Å². The summed E-state index contributed by atoms with van der Waals surface area (Å²) < 4.78 is 32.7. The van der Waals surface area contributed by atoms with Gasteiger partial charge in [-0.25, -0.2) is 8.42 Å². The summed E-state index contributed by atoms with van der Waals surface area (Å²) in [7, 11) is -2.96. The van der Waals surface area contributed by atoms with Crippen molar-refractivity contribution in [3.8, 4) is 0 Å². The molecule has 0 fully saturated rings. The van der Waals surface area contributed by atoms with Gasteiger partial charge in [0.2, 0.25) is 0 Å². The van der Waals surface area contributed by atoms with Crippen LogP contribution in [0.1, 0.15) is 27.2 Å². The highest BCUT2D eigenvalue weighted by atomic mass is 32.2. The molecule has 0 spiro atoms. The van der Waals surface area contributed by atoms with E-state index in [0.29, 0.717) is 38.2 Å². The van der Waals surface area contributed by atoms with E-state index in [0.717, 1.165) is 19.6 Å². The Morgan fingerprint density at radius 3 is 2.39 bits per heavy atom. The molecule has 8 heteroatoms. The lowest BCUT2D eigenvalue weighted by molar-refractivity contribution is 0.128. The molecule has 0 aromatic heterocycles. The smallest absolute Gasteiger partial charge is 0.191 e. The summed E-state index contributed by atoms with van der Waals surface area (Å²) in [5.41, 5.74) is 0. The lowest BCUT2D eigenvalue weighted by Crippen LogP contribution is -2.39. The van der Waals surface area contributed by atoms with E-state index >= 15 is 0 Å². The van der Waals surface area contributed by atoms with Crippen molar-refractivity contribution in [1.82, 2.24) is 10.6 Å². The molecule has 0 radical (unpaired) electrons. The Morgan fingerprint density at radius 2 is 1.78 bits per heavy atom. The summed E-state index contributed by atoms with van der Waals surface area (Å²) in [6, 6.07) is 0. The summed E-state index contributed by atoms with van der Waals surface area (Å²) >= 11 is 0. The number of ether oxygens (including phenoxy) is 2. The minimum atomic E-state index is -2.96. The summed E-state index contributed by atoms with van der Waals surface area (Å²) in [6.07, 6.45) is 2.27. The number of hydrogen-bond acceptors (Lipinski definition) is 5. The molecule has 0 aromatic rings. The maximum absolute atomic E-state index is 10.9. The van der Waals surface area contributed by atoms with Crippen molar-refractivity contribution in [2.75, 3.05) is 58.1 Å². The second-order valence-corrected chi connectivity index (χ2v) is 7.98. The standard InChI is InChI=1S/C15H33N3O4S/c1-5-16-15(17-7-10-21-9-6-14(2)3)18-8-11-22-12-13-23(4,19)20/h14H,5-13H2,1-4H3,(H2,16,17,18). The molecule has 0 rings (SSSR count). The summed E-state index contributed by atoms with van der Waals surface area (Å²) in [4.78, 5) is 4.36. The largest absolute Gasteiger partial charge is 0.380 e. The molecular weight excluding hydrogens is 318 g/mol. The Labute approximate surface area is 141 Å². The fourth-order valence-corrected chi connectivity index (χ4v) is 1.96. The maximum atomic E-state index is 10.9. The SMILES string of the molecule is CCNC(=NCCOCCS(C)(=O)=O)NCCOCCC(C)C. The summed E-state index contributed by atoms with van der Waals surface area (Å²) in [5, 5.41) is 6.33. The molecule has 0 unspecified atom stereocenters. The van der Waals surface area contributed by atoms with E-state index in [1.54, 1.807) is 0 Å². The highest BCUT2D eigenvalue weighted by molar-refractivity contribution is 7.90. The fourth-order valence-electron chi connectivity index (χ4n) is 1.54. The van der Waals surface area contributed by atoms with Crippen LogP contribution in [0.2, 0.25) is 0 Å². The molecule has 0 aromatic carbocycles. The van der Waals surface area contributed by atoms with Crippen LogP contribution in [0.15, 0.2) is 4.99 Å². The number of hydrogen-bond donors (Lipinski definition) is 2. The quantitative estimate of drug-likeness (QED) is 0.288. The minimum Gasteiger partial charge on any atom is -0.380 e. The van der Waals surface area contributed by atoms with E-state index in [2.05, 4.69) is 29.5 Å². The molecule has 0 aliphatic carbocycles. The monoisotopic (exact) mass is 351 g/mol. The molecule has 7 nitrogen and oxygen atoms in total. The maximum Gasteiger partial charge on any atom is 0.191 e. The van der Waals surface area contributed by atoms with Crippen molar-refractivity contribution in [3.63, 3.8) is 0 Å². The molecule has 0 amide bonds. The second kappa shape index (κ2) is 13.6. The molecule has 2 N–H and O–H groups in total. The Balaban J connectivity index is 3.78. The van der Waals surface area contributed by atoms with Gasteiger partial charge in [0, 0.05) is 26.0 Å². The van der Waals surface area contributed by atoms with Crippen LogP contribution >= 0.6 is 0 Å². The van der Waals surface area contributed by atoms with Gasteiger partial charge in [-0.3, -0.25) is 4.99 Å². The Kier molecular flexibility index (Phi) is 13.1. The van der Waals surface area contributed by atoms with E-state index in [9.17, 15) is 8.42 Å². The molecule has 0 bridgehead atoms. The first-order valence-electron chi connectivity index (χ1n) is 8.20. The van der Waals surface area contributed by atoms with Crippen LogP contribution in [0.3, 0.4) is 0 Å². The van der Waals surface area contributed by atoms with E-state index in [4.69, 9.17) is 9.47 Å². The summed E-state index contributed by atoms with van der Waals surface area (Å²) in [5.74, 6) is 1.42. The zero-order valence-electron chi connectivity index (χ0n) is 14.9. The van der Waals surface area contributed by atoms with Crippen molar-refractivity contribution >= 4 is 15.8 Å². The molecule has 0 heterocycles. The summed E-state index contributed by atoms with van der Waals surface area (Å²) in [6.45, 7) is 10.3. The number of aliphatic imine (C=N–C) groups is 1. The van der Waals surface area contributed by atoms with Gasteiger partial charge in [-0.2, -0.15) is 0 Å². The average Bonchev–Trinajstić information content (AvgIpc) is 2.44. The van der Waals surface area contributed by atoms with Gasteiger partial charge >= 0.3 is 0 Å². The molecule has 0 atom stereocenters. The first-order valence-corrected chi connectivity index (χ1v) is 10.3. The lowest BCUT2D eigenvalue weighted by Gasteiger charge is -2.12. The van der Waals surface area contributed by atoms with Crippen molar-refractivity contribution in [2.24, 2.45) is 10.9 Å². The van der Waals surface area contributed by atoms with Crippen LogP contribution in [0.25, 0.3) is 0 Å². The van der Waals surface area contributed by atoms with E-state index in [1.807, 2.05) is 6.92 Å². The first kappa shape index (κ1) is 22.1. The third-order valence-electron chi connectivity index (χ3n) is 2.83. The van der Waals surface area contributed by atoms with Gasteiger partial charge in [0.15, 0.2) is 5.96 Å². The predicted molar refractivity (Wildman–Crippen MR) is 94.8 cm³/mol. The van der Waals surface area contributed by atoms with E-state index in [1.165, 1.54) is 6.26 Å². The van der Waals surface area contributed by atoms with Gasteiger partial charge in [0.25, 0.3) is 0 Å². The van der Waals surface area contributed by atoms with Crippen LogP contribution in [0.5, 0.6) is 0 Å². The van der Waals surface area contributed by atoms with Crippen LogP contribution in [-0.2, 0) is 19.3 Å². The highest BCUT2D eigenvalue weighted by Crippen LogP contribution is 1.98. The zero-order chi connectivity index (χ0) is 17.6. The molecule has 0 saturated heterocycles. The van der Waals surface area contributed by atoms with E-state index < -0.39 is 9.84 Å².